The molecule has 5 nitrogen and oxygen atoms in total. The smallest absolute Gasteiger partial charge is 0.262 e. The zero-order chi connectivity index (χ0) is 13.5. The monoisotopic (exact) mass is 266 g/mol. The molecule has 0 saturated carbocycles. The first-order chi connectivity index (χ1) is 8.56. The average Bonchev–Trinajstić information content (AvgIpc) is 2.73. The summed E-state index contributed by atoms with van der Waals surface area (Å²) in [7, 11) is 0. The zero-order valence-corrected chi connectivity index (χ0v) is 11.1. The van der Waals surface area contributed by atoms with Crippen LogP contribution in [-0.4, -0.2) is 27.6 Å². The third-order valence-electron chi connectivity index (χ3n) is 2.06. The van der Waals surface area contributed by atoms with Crippen molar-refractivity contribution in [1.29, 1.82) is 5.26 Å². The fraction of sp³-hybridized carbons (Fsp3) is 0.417. The molecule has 0 aromatic carbocycles. The van der Waals surface area contributed by atoms with E-state index in [9.17, 15) is 4.79 Å². The molecule has 18 heavy (non-hydrogen) atoms. The van der Waals surface area contributed by atoms with Gasteiger partial charge in [-0.3, -0.25) is 9.48 Å². The van der Waals surface area contributed by atoms with Crippen LogP contribution in [0.1, 0.15) is 19.4 Å². The molecular weight excluding hydrogens is 252 g/mol. The molecule has 96 valence electrons. The Balaban J connectivity index is 2.83. The summed E-state index contributed by atoms with van der Waals surface area (Å²) < 4.78 is 1.66. The number of aromatic nitrogens is 2. The number of amides is 1. The van der Waals surface area contributed by atoms with Gasteiger partial charge in [-0.25, -0.2) is 0 Å². The van der Waals surface area contributed by atoms with Crippen LogP contribution in [0, 0.1) is 11.3 Å². The van der Waals surface area contributed by atoms with Gasteiger partial charge in [-0.15, -0.1) is 11.6 Å². The van der Waals surface area contributed by atoms with Gasteiger partial charge in [0.25, 0.3) is 5.91 Å². The van der Waals surface area contributed by atoms with E-state index in [1.54, 1.807) is 17.1 Å². The third kappa shape index (κ3) is 4.22. The lowest BCUT2D eigenvalue weighted by molar-refractivity contribution is -0.117. The molecule has 0 spiro atoms. The highest BCUT2D eigenvalue weighted by molar-refractivity contribution is 6.17. The molecule has 0 aliphatic heterocycles. The predicted octanol–water partition coefficient (Wildman–Crippen LogP) is 1.55. The highest BCUT2D eigenvalue weighted by Crippen LogP contribution is 2.06. The van der Waals surface area contributed by atoms with Gasteiger partial charge in [0, 0.05) is 23.7 Å². The van der Waals surface area contributed by atoms with Crippen LogP contribution in [0.2, 0.25) is 0 Å². The summed E-state index contributed by atoms with van der Waals surface area (Å²) in [5.74, 6) is 0.0849. The Kier molecular flexibility index (Phi) is 5.40. The average molecular weight is 267 g/mol. The molecule has 1 aromatic rings. The van der Waals surface area contributed by atoms with Gasteiger partial charge in [0.05, 0.1) is 12.7 Å². The number of halogens is 1. The summed E-state index contributed by atoms with van der Waals surface area (Å²) in [6, 6.07) is 1.88. The van der Waals surface area contributed by atoms with Crippen molar-refractivity contribution >= 4 is 23.6 Å². The largest absolute Gasteiger partial charge is 0.349 e. The molecule has 1 amide bonds. The molecule has 1 aromatic heterocycles. The standard InChI is InChI=1S/C12H15ClN4O/c1-9(2)16-12(18)11(6-14)5-10-7-15-17(8-10)4-3-13/h5,7-9H,3-4H2,1-2H3,(H,16,18)/b11-5-. The van der Waals surface area contributed by atoms with E-state index in [2.05, 4.69) is 10.4 Å². The van der Waals surface area contributed by atoms with Crippen molar-refractivity contribution in [3.63, 3.8) is 0 Å². The van der Waals surface area contributed by atoms with Crippen molar-refractivity contribution < 1.29 is 4.79 Å². The van der Waals surface area contributed by atoms with Gasteiger partial charge in [-0.05, 0) is 19.9 Å². The lowest BCUT2D eigenvalue weighted by Crippen LogP contribution is -2.30. The fourth-order valence-corrected chi connectivity index (χ4v) is 1.49. The van der Waals surface area contributed by atoms with Crippen LogP contribution in [-0.2, 0) is 11.3 Å². The van der Waals surface area contributed by atoms with Gasteiger partial charge in [0.15, 0.2) is 0 Å². The molecule has 0 aliphatic carbocycles. The lowest BCUT2D eigenvalue weighted by Gasteiger charge is -2.06. The maximum Gasteiger partial charge on any atom is 0.262 e. The number of hydrogen-bond acceptors (Lipinski definition) is 3. The number of carbonyl (C=O) groups excluding carboxylic acids is 1. The van der Waals surface area contributed by atoms with Crippen LogP contribution in [0.5, 0.6) is 0 Å². The van der Waals surface area contributed by atoms with E-state index in [-0.39, 0.29) is 17.5 Å². The van der Waals surface area contributed by atoms with Gasteiger partial charge in [0.1, 0.15) is 11.6 Å². The number of carbonyl (C=O) groups is 1. The maximum atomic E-state index is 11.7. The summed E-state index contributed by atoms with van der Waals surface area (Å²) in [5, 5.41) is 15.7. The van der Waals surface area contributed by atoms with Crippen LogP contribution in [0.3, 0.4) is 0 Å². The molecule has 0 atom stereocenters. The Labute approximate surface area is 111 Å². The lowest BCUT2D eigenvalue weighted by atomic mass is 10.2. The maximum absolute atomic E-state index is 11.7. The van der Waals surface area contributed by atoms with E-state index in [1.807, 2.05) is 19.9 Å². The zero-order valence-electron chi connectivity index (χ0n) is 10.4. The quantitative estimate of drug-likeness (QED) is 0.499. The van der Waals surface area contributed by atoms with Gasteiger partial charge < -0.3 is 5.32 Å². The second-order valence-corrected chi connectivity index (χ2v) is 4.40. The molecule has 1 rings (SSSR count). The molecule has 0 saturated heterocycles. The summed E-state index contributed by atoms with van der Waals surface area (Å²) >= 11 is 5.59. The van der Waals surface area contributed by atoms with E-state index in [0.29, 0.717) is 18.0 Å². The molecule has 1 heterocycles. The Morgan fingerprint density at radius 2 is 2.44 bits per heavy atom. The summed E-state index contributed by atoms with van der Waals surface area (Å²) in [6.45, 7) is 4.27. The van der Waals surface area contributed by atoms with Gasteiger partial charge >= 0.3 is 0 Å². The number of hydrogen-bond donors (Lipinski definition) is 1. The first kappa shape index (κ1) is 14.3. The van der Waals surface area contributed by atoms with Crippen LogP contribution >= 0.6 is 11.6 Å². The number of alkyl halides is 1. The summed E-state index contributed by atoms with van der Waals surface area (Å²) in [4.78, 5) is 11.7. The van der Waals surface area contributed by atoms with Crippen LogP contribution in [0.4, 0.5) is 0 Å². The van der Waals surface area contributed by atoms with Gasteiger partial charge in [0.2, 0.25) is 0 Å². The second kappa shape index (κ2) is 6.82. The third-order valence-corrected chi connectivity index (χ3v) is 2.23. The predicted molar refractivity (Wildman–Crippen MR) is 69.8 cm³/mol. The summed E-state index contributed by atoms with van der Waals surface area (Å²) in [5.41, 5.74) is 0.768. The number of rotatable bonds is 5. The Morgan fingerprint density at radius 3 is 3.00 bits per heavy atom. The van der Waals surface area contributed by atoms with E-state index in [0.717, 1.165) is 0 Å². The minimum Gasteiger partial charge on any atom is -0.349 e. The van der Waals surface area contributed by atoms with Crippen molar-refractivity contribution in [3.05, 3.63) is 23.5 Å². The first-order valence-corrected chi connectivity index (χ1v) is 6.11. The van der Waals surface area contributed by atoms with E-state index in [1.165, 1.54) is 6.08 Å². The normalized spacial score (nSPS) is 11.4. The van der Waals surface area contributed by atoms with Crippen molar-refractivity contribution in [2.45, 2.75) is 26.4 Å². The molecule has 0 fully saturated rings. The molecule has 6 heteroatoms. The molecule has 0 unspecified atom stereocenters. The first-order valence-electron chi connectivity index (χ1n) is 5.58. The van der Waals surface area contributed by atoms with Crippen LogP contribution < -0.4 is 5.32 Å². The molecular formula is C12H15ClN4O. The van der Waals surface area contributed by atoms with Crippen LogP contribution in [0.25, 0.3) is 6.08 Å². The van der Waals surface area contributed by atoms with Gasteiger partial charge in [-0.2, -0.15) is 10.4 Å². The molecule has 0 bridgehead atoms. The van der Waals surface area contributed by atoms with E-state index in [4.69, 9.17) is 16.9 Å². The molecule has 0 aliphatic rings. The van der Waals surface area contributed by atoms with Crippen molar-refractivity contribution in [2.24, 2.45) is 0 Å². The van der Waals surface area contributed by atoms with Crippen molar-refractivity contribution in [3.8, 4) is 6.07 Å². The van der Waals surface area contributed by atoms with Gasteiger partial charge in [-0.1, -0.05) is 0 Å². The Hall–Kier alpha value is -1.80. The highest BCUT2D eigenvalue weighted by atomic mass is 35.5. The number of aryl methyl sites for hydroxylation is 1. The van der Waals surface area contributed by atoms with E-state index >= 15 is 0 Å². The number of nitrogens with one attached hydrogen (secondary N) is 1. The van der Waals surface area contributed by atoms with Crippen molar-refractivity contribution in [1.82, 2.24) is 15.1 Å². The second-order valence-electron chi connectivity index (χ2n) is 4.02. The number of nitrogens with zero attached hydrogens (tertiary/aromatic N) is 3. The number of nitriles is 1. The SMILES string of the molecule is CC(C)NC(=O)/C(C#N)=C\c1cnn(CCCl)c1. The van der Waals surface area contributed by atoms with E-state index < -0.39 is 0 Å². The van der Waals surface area contributed by atoms with Crippen molar-refractivity contribution in [2.75, 3.05) is 5.88 Å². The fourth-order valence-electron chi connectivity index (χ4n) is 1.32. The minimum atomic E-state index is -0.377. The minimum absolute atomic E-state index is 0.00628. The molecule has 1 N–H and O–H groups in total. The van der Waals surface area contributed by atoms with Crippen LogP contribution in [0.15, 0.2) is 18.0 Å². The Bertz CT molecular complexity index is 485. The summed E-state index contributed by atoms with van der Waals surface area (Å²) in [6.07, 6.45) is 4.84. The Morgan fingerprint density at radius 1 is 1.72 bits per heavy atom. The topological polar surface area (TPSA) is 70.7 Å². The highest BCUT2D eigenvalue weighted by Gasteiger charge is 2.10. The molecule has 0 radical (unpaired) electrons.